The Morgan fingerprint density at radius 2 is 2.58 bits per heavy atom. The summed E-state index contributed by atoms with van der Waals surface area (Å²) < 4.78 is 4.87. The third-order valence-electron chi connectivity index (χ3n) is 1.95. The molecule has 0 aromatic rings. The lowest BCUT2D eigenvalue weighted by Crippen LogP contribution is -2.25. The van der Waals surface area contributed by atoms with E-state index in [-0.39, 0.29) is 12.0 Å². The highest BCUT2D eigenvalue weighted by Crippen LogP contribution is 2.17. The molecule has 0 heterocycles. The molecule has 0 amide bonds. The second-order valence-corrected chi connectivity index (χ2v) is 2.99. The maximum atomic E-state index is 11.2. The highest BCUT2D eigenvalue weighted by Gasteiger charge is 2.17. The predicted octanol–water partition coefficient (Wildman–Crippen LogP) is 0.987. The topological polar surface area (TPSA) is 52.3 Å². The molecule has 0 unspecified atom stereocenters. The van der Waals surface area contributed by atoms with Crippen molar-refractivity contribution in [2.24, 2.45) is 5.73 Å². The number of hydrogen-bond donors (Lipinski definition) is 1. The van der Waals surface area contributed by atoms with Crippen molar-refractivity contribution < 1.29 is 9.53 Å². The van der Waals surface area contributed by atoms with Crippen molar-refractivity contribution in [3.05, 3.63) is 11.6 Å². The average Bonchev–Trinajstić information content (AvgIpc) is 2.05. The normalized spacial score (nSPS) is 23.2. The van der Waals surface area contributed by atoms with Crippen molar-refractivity contribution in [2.75, 3.05) is 6.61 Å². The van der Waals surface area contributed by atoms with E-state index in [2.05, 4.69) is 0 Å². The van der Waals surface area contributed by atoms with Gasteiger partial charge in [0, 0.05) is 11.6 Å². The summed E-state index contributed by atoms with van der Waals surface area (Å²) in [6.45, 7) is 2.24. The van der Waals surface area contributed by atoms with Crippen molar-refractivity contribution in [1.82, 2.24) is 0 Å². The minimum Gasteiger partial charge on any atom is -0.463 e. The van der Waals surface area contributed by atoms with Crippen LogP contribution in [-0.4, -0.2) is 18.6 Å². The molecule has 3 nitrogen and oxygen atoms in total. The average molecular weight is 169 g/mol. The zero-order valence-electron chi connectivity index (χ0n) is 7.38. The molecule has 12 heavy (non-hydrogen) atoms. The largest absolute Gasteiger partial charge is 0.463 e. The van der Waals surface area contributed by atoms with Gasteiger partial charge in [-0.15, -0.1) is 0 Å². The van der Waals surface area contributed by atoms with E-state index in [9.17, 15) is 4.79 Å². The van der Waals surface area contributed by atoms with Crippen molar-refractivity contribution in [1.29, 1.82) is 0 Å². The fourth-order valence-electron chi connectivity index (χ4n) is 1.33. The zero-order valence-corrected chi connectivity index (χ0v) is 7.38. The first-order chi connectivity index (χ1) is 5.74. The Hall–Kier alpha value is -0.830. The molecule has 0 fully saturated rings. The first-order valence-electron chi connectivity index (χ1n) is 4.35. The Kier molecular flexibility index (Phi) is 3.29. The highest BCUT2D eigenvalue weighted by atomic mass is 16.5. The number of nitrogens with two attached hydrogens (primary N) is 1. The molecule has 0 aromatic heterocycles. The lowest BCUT2D eigenvalue weighted by atomic mass is 9.96. The van der Waals surface area contributed by atoms with Crippen molar-refractivity contribution in [2.45, 2.75) is 32.2 Å². The van der Waals surface area contributed by atoms with Crippen LogP contribution in [-0.2, 0) is 9.53 Å². The minimum atomic E-state index is -0.201. The van der Waals surface area contributed by atoms with Crippen molar-refractivity contribution in [3.8, 4) is 0 Å². The predicted molar refractivity (Wildman–Crippen MR) is 46.5 cm³/mol. The van der Waals surface area contributed by atoms with E-state index in [1.165, 1.54) is 0 Å². The Labute approximate surface area is 72.6 Å². The maximum absolute atomic E-state index is 11.2. The molecule has 1 atom stereocenters. The van der Waals surface area contributed by atoms with Gasteiger partial charge < -0.3 is 10.5 Å². The fourth-order valence-corrected chi connectivity index (χ4v) is 1.33. The molecule has 1 aliphatic rings. The van der Waals surface area contributed by atoms with Gasteiger partial charge in [0.05, 0.1) is 6.61 Å². The molecule has 0 radical (unpaired) electrons. The summed E-state index contributed by atoms with van der Waals surface area (Å²) in [6, 6.07) is 0.134. The van der Waals surface area contributed by atoms with E-state index in [1.54, 1.807) is 6.92 Å². The van der Waals surface area contributed by atoms with Crippen LogP contribution >= 0.6 is 0 Å². The molecule has 0 spiro atoms. The van der Waals surface area contributed by atoms with Crippen LogP contribution in [0.2, 0.25) is 0 Å². The van der Waals surface area contributed by atoms with Gasteiger partial charge in [-0.1, -0.05) is 6.08 Å². The molecular formula is C9H15NO2. The molecule has 68 valence electrons. The number of esters is 1. The van der Waals surface area contributed by atoms with Crippen LogP contribution in [0.5, 0.6) is 0 Å². The van der Waals surface area contributed by atoms with E-state index >= 15 is 0 Å². The second-order valence-electron chi connectivity index (χ2n) is 2.99. The summed E-state index contributed by atoms with van der Waals surface area (Å²) >= 11 is 0. The number of hydrogen-bond acceptors (Lipinski definition) is 3. The summed E-state index contributed by atoms with van der Waals surface area (Å²) in [5, 5.41) is 0. The molecule has 0 bridgehead atoms. The summed E-state index contributed by atoms with van der Waals surface area (Å²) in [5.41, 5.74) is 6.46. The number of allylic oxidation sites excluding steroid dienone is 1. The number of carbonyl (C=O) groups excluding carboxylic acids is 1. The highest BCUT2D eigenvalue weighted by molar-refractivity contribution is 5.88. The lowest BCUT2D eigenvalue weighted by molar-refractivity contribution is -0.138. The maximum Gasteiger partial charge on any atom is 0.333 e. The fraction of sp³-hybridized carbons (Fsp3) is 0.667. The van der Waals surface area contributed by atoms with Gasteiger partial charge in [0.2, 0.25) is 0 Å². The molecule has 3 heteroatoms. The van der Waals surface area contributed by atoms with E-state index in [4.69, 9.17) is 10.5 Å². The first-order valence-corrected chi connectivity index (χ1v) is 4.35. The van der Waals surface area contributed by atoms with Crippen LogP contribution in [0.25, 0.3) is 0 Å². The van der Waals surface area contributed by atoms with Gasteiger partial charge in [-0.25, -0.2) is 4.79 Å². The number of ether oxygens (including phenoxy) is 1. The third kappa shape index (κ3) is 2.34. The minimum absolute atomic E-state index is 0.134. The van der Waals surface area contributed by atoms with Crippen LogP contribution < -0.4 is 5.73 Å². The van der Waals surface area contributed by atoms with Gasteiger partial charge in [0.25, 0.3) is 0 Å². The second kappa shape index (κ2) is 4.26. The number of rotatable bonds is 2. The zero-order chi connectivity index (χ0) is 8.97. The van der Waals surface area contributed by atoms with Gasteiger partial charge in [-0.3, -0.25) is 0 Å². The molecule has 1 rings (SSSR count). The standard InChI is InChI=1S/C9H15NO2/c1-2-12-9(11)7-4-3-5-8(10)6-7/h4,8H,2-3,5-6,10H2,1H3/t8-/m0/s1. The van der Waals surface area contributed by atoms with Crippen molar-refractivity contribution >= 4 is 5.97 Å². The van der Waals surface area contributed by atoms with E-state index in [0.29, 0.717) is 13.0 Å². The first kappa shape index (κ1) is 9.26. The molecule has 1 aliphatic carbocycles. The SMILES string of the molecule is CCOC(=O)C1=CCC[C@H](N)C1. The van der Waals surface area contributed by atoms with Gasteiger partial charge in [0.15, 0.2) is 0 Å². The van der Waals surface area contributed by atoms with E-state index in [0.717, 1.165) is 18.4 Å². The van der Waals surface area contributed by atoms with Crippen LogP contribution in [0, 0.1) is 0 Å². The molecular weight excluding hydrogens is 154 g/mol. The van der Waals surface area contributed by atoms with Gasteiger partial charge >= 0.3 is 5.97 Å². The van der Waals surface area contributed by atoms with Crippen LogP contribution in [0.3, 0.4) is 0 Å². The Morgan fingerprint density at radius 3 is 3.17 bits per heavy atom. The third-order valence-corrected chi connectivity index (χ3v) is 1.95. The summed E-state index contributed by atoms with van der Waals surface area (Å²) in [5.74, 6) is -0.201. The van der Waals surface area contributed by atoms with Crippen molar-refractivity contribution in [3.63, 3.8) is 0 Å². The van der Waals surface area contributed by atoms with Crippen LogP contribution in [0.4, 0.5) is 0 Å². The molecule has 0 saturated heterocycles. The lowest BCUT2D eigenvalue weighted by Gasteiger charge is -2.17. The van der Waals surface area contributed by atoms with Crippen LogP contribution in [0.1, 0.15) is 26.2 Å². The molecule has 0 aromatic carbocycles. The monoisotopic (exact) mass is 169 g/mol. The van der Waals surface area contributed by atoms with Gasteiger partial charge in [-0.2, -0.15) is 0 Å². The Balaban J connectivity index is 2.50. The van der Waals surface area contributed by atoms with Gasteiger partial charge in [-0.05, 0) is 26.2 Å². The summed E-state index contributed by atoms with van der Waals surface area (Å²) in [4.78, 5) is 11.2. The summed E-state index contributed by atoms with van der Waals surface area (Å²) in [6.07, 6.45) is 4.47. The molecule has 2 N–H and O–H groups in total. The van der Waals surface area contributed by atoms with Crippen LogP contribution in [0.15, 0.2) is 11.6 Å². The number of carbonyl (C=O) groups is 1. The molecule has 0 saturated carbocycles. The quantitative estimate of drug-likeness (QED) is 0.627. The Morgan fingerprint density at radius 1 is 1.83 bits per heavy atom. The summed E-state index contributed by atoms with van der Waals surface area (Å²) in [7, 11) is 0. The van der Waals surface area contributed by atoms with E-state index in [1.807, 2.05) is 6.08 Å². The van der Waals surface area contributed by atoms with E-state index < -0.39 is 0 Å². The Bertz CT molecular complexity index is 199. The smallest absolute Gasteiger partial charge is 0.333 e. The molecule has 0 aliphatic heterocycles. The van der Waals surface area contributed by atoms with Gasteiger partial charge in [0.1, 0.15) is 0 Å².